The summed E-state index contributed by atoms with van der Waals surface area (Å²) < 4.78 is 5.13. The highest BCUT2D eigenvalue weighted by Crippen LogP contribution is 2.53. The van der Waals surface area contributed by atoms with Crippen molar-refractivity contribution in [3.8, 4) is 22.3 Å². The van der Waals surface area contributed by atoms with Gasteiger partial charge >= 0.3 is 0 Å². The van der Waals surface area contributed by atoms with Gasteiger partial charge in [-0.1, -0.05) is 183 Å². The Morgan fingerprint density at radius 2 is 0.711 bits per heavy atom. The first kappa shape index (κ1) is 44.1. The number of aryl methyl sites for hydroxylation is 4. The van der Waals surface area contributed by atoms with Gasteiger partial charge in [-0.05, 0) is 122 Å². The van der Waals surface area contributed by atoms with Crippen molar-refractivity contribution in [1.29, 1.82) is 0 Å². The molecule has 0 spiro atoms. The van der Waals surface area contributed by atoms with Crippen LogP contribution >= 0.6 is 0 Å². The lowest BCUT2D eigenvalue weighted by atomic mass is 9.97. The maximum atomic E-state index is 2.56. The van der Waals surface area contributed by atoms with E-state index in [0.717, 1.165) is 35.6 Å². The molecule has 0 aliphatic heterocycles. The third-order valence-corrected chi connectivity index (χ3v) is 16.4. The van der Waals surface area contributed by atoms with E-state index in [9.17, 15) is 0 Å². The molecule has 0 unspecified atom stereocenters. The Kier molecular flexibility index (Phi) is 9.93. The van der Waals surface area contributed by atoms with E-state index in [-0.39, 0.29) is 0 Å². The predicted octanol–water partition coefficient (Wildman–Crippen LogP) is 20.0. The zero-order chi connectivity index (χ0) is 50.8. The van der Waals surface area contributed by atoms with Crippen molar-refractivity contribution < 1.29 is 0 Å². The highest BCUT2D eigenvalue weighted by Gasteiger charge is 2.29. The van der Waals surface area contributed by atoms with Crippen molar-refractivity contribution in [3.63, 3.8) is 0 Å². The molecular formula is C72H54N4. The molecule has 0 amide bonds. The van der Waals surface area contributed by atoms with Crippen LogP contribution in [0.4, 0.5) is 34.1 Å². The van der Waals surface area contributed by atoms with E-state index >= 15 is 0 Å². The summed E-state index contributed by atoms with van der Waals surface area (Å²) in [4.78, 5) is 5.05. The molecule has 4 heteroatoms. The fourth-order valence-electron chi connectivity index (χ4n) is 12.7. The lowest BCUT2D eigenvalue weighted by molar-refractivity contribution is 1.13. The highest BCUT2D eigenvalue weighted by atomic mass is 15.2. The molecule has 4 nitrogen and oxygen atoms in total. The van der Waals surface area contributed by atoms with Crippen molar-refractivity contribution in [2.24, 2.45) is 0 Å². The van der Waals surface area contributed by atoms with E-state index in [2.05, 4.69) is 277 Å². The third-order valence-electron chi connectivity index (χ3n) is 16.4. The summed E-state index contributed by atoms with van der Waals surface area (Å²) in [7, 11) is 0. The number of anilines is 6. The van der Waals surface area contributed by atoms with E-state index in [1.54, 1.807) is 0 Å². The Labute approximate surface area is 442 Å². The smallest absolute Gasteiger partial charge is 0.0641 e. The Morgan fingerprint density at radius 1 is 0.316 bits per heavy atom. The molecule has 15 rings (SSSR count). The molecule has 0 saturated carbocycles. The molecular weight excluding hydrogens is 921 g/mol. The van der Waals surface area contributed by atoms with E-state index in [0.29, 0.717) is 0 Å². The molecule has 15 aromatic rings. The van der Waals surface area contributed by atoms with Crippen molar-refractivity contribution in [3.05, 3.63) is 253 Å². The Morgan fingerprint density at radius 3 is 1.12 bits per heavy atom. The number of nitrogens with zero attached hydrogens (tertiary/aromatic N) is 4. The summed E-state index contributed by atoms with van der Waals surface area (Å²) in [5.41, 5.74) is 24.2. The van der Waals surface area contributed by atoms with Gasteiger partial charge in [0, 0.05) is 65.6 Å². The first-order valence-corrected chi connectivity index (χ1v) is 26.9. The fraction of sp³-hybridized carbons (Fsp3) is 0.0833. The van der Waals surface area contributed by atoms with Crippen LogP contribution < -0.4 is 9.80 Å². The van der Waals surface area contributed by atoms with Gasteiger partial charge in [-0.25, -0.2) is 0 Å². The van der Waals surface area contributed by atoms with Gasteiger partial charge < -0.3 is 18.6 Å². The average molecular weight is 975 g/mol. The van der Waals surface area contributed by atoms with Crippen molar-refractivity contribution in [2.75, 3.05) is 9.80 Å². The van der Waals surface area contributed by atoms with Gasteiger partial charge in [-0.15, -0.1) is 0 Å². The van der Waals surface area contributed by atoms with Gasteiger partial charge in [0.1, 0.15) is 0 Å². The largest absolute Gasteiger partial charge is 0.309 e. The van der Waals surface area contributed by atoms with Gasteiger partial charge in [0.15, 0.2) is 0 Å². The van der Waals surface area contributed by atoms with Crippen LogP contribution in [0.25, 0.3) is 98.4 Å². The molecule has 76 heavy (non-hydrogen) atoms. The number of hydrogen-bond acceptors (Lipinski definition) is 2. The van der Waals surface area contributed by atoms with Crippen LogP contribution in [0.2, 0.25) is 0 Å². The minimum absolute atomic E-state index is 0.942. The van der Waals surface area contributed by atoms with Crippen LogP contribution in [0, 0.1) is 13.8 Å². The van der Waals surface area contributed by atoms with Crippen molar-refractivity contribution in [1.82, 2.24) is 8.80 Å². The van der Waals surface area contributed by atoms with Gasteiger partial charge in [-0.2, -0.15) is 0 Å². The van der Waals surface area contributed by atoms with E-state index in [1.165, 1.54) is 132 Å². The van der Waals surface area contributed by atoms with Gasteiger partial charge in [0.2, 0.25) is 0 Å². The summed E-state index contributed by atoms with van der Waals surface area (Å²) in [6.45, 7) is 8.85. The summed E-state index contributed by atoms with van der Waals surface area (Å²) in [6, 6.07) is 86.6. The first-order valence-electron chi connectivity index (χ1n) is 26.9. The maximum absolute atomic E-state index is 2.56. The zero-order valence-electron chi connectivity index (χ0n) is 43.1. The van der Waals surface area contributed by atoms with E-state index < -0.39 is 0 Å². The minimum Gasteiger partial charge on any atom is -0.309 e. The van der Waals surface area contributed by atoms with Crippen LogP contribution in [-0.2, 0) is 12.8 Å². The molecule has 0 atom stereocenters. The summed E-state index contributed by atoms with van der Waals surface area (Å²) in [5.74, 6) is 0. The van der Waals surface area contributed by atoms with Crippen LogP contribution in [-0.4, -0.2) is 8.80 Å². The Bertz CT molecular complexity index is 4410. The quantitative estimate of drug-likeness (QED) is 0.136. The van der Waals surface area contributed by atoms with Gasteiger partial charge in [-0.3, -0.25) is 0 Å². The van der Waals surface area contributed by atoms with Crippen LogP contribution in [0.5, 0.6) is 0 Å². The molecule has 0 aliphatic rings. The molecule has 0 bridgehead atoms. The van der Waals surface area contributed by atoms with Gasteiger partial charge in [0.25, 0.3) is 0 Å². The molecule has 4 heterocycles. The molecule has 4 aromatic heterocycles. The summed E-state index contributed by atoms with van der Waals surface area (Å²) in [5, 5.41) is 9.99. The van der Waals surface area contributed by atoms with Gasteiger partial charge in [0.05, 0.1) is 55.8 Å². The molecule has 0 fully saturated rings. The molecule has 0 N–H and O–H groups in total. The number of rotatable bonds is 10. The number of benzene rings is 11. The predicted molar refractivity (Wildman–Crippen MR) is 324 cm³/mol. The maximum Gasteiger partial charge on any atom is 0.0641 e. The second-order valence-electron chi connectivity index (χ2n) is 20.8. The molecule has 0 radical (unpaired) electrons. The second kappa shape index (κ2) is 17.1. The fourth-order valence-corrected chi connectivity index (χ4v) is 12.7. The number of aromatic nitrogens is 2. The number of para-hydroxylation sites is 2. The summed E-state index contributed by atoms with van der Waals surface area (Å²) >= 11 is 0. The second-order valence-corrected chi connectivity index (χ2v) is 20.8. The lowest BCUT2D eigenvalue weighted by Crippen LogP contribution is -2.12. The lowest BCUT2D eigenvalue weighted by Gasteiger charge is -2.29. The van der Waals surface area contributed by atoms with Crippen LogP contribution in [0.1, 0.15) is 36.1 Å². The highest BCUT2D eigenvalue weighted by molar-refractivity contribution is 6.32. The van der Waals surface area contributed by atoms with E-state index in [4.69, 9.17) is 0 Å². The topological polar surface area (TPSA) is 15.3 Å². The van der Waals surface area contributed by atoms with E-state index in [1.807, 2.05) is 0 Å². The number of fused-ring (bicyclic) bond motifs is 12. The van der Waals surface area contributed by atoms with Crippen LogP contribution in [0.3, 0.4) is 0 Å². The Balaban J connectivity index is 1.02. The molecule has 362 valence electrons. The van der Waals surface area contributed by atoms with Crippen LogP contribution in [0.15, 0.2) is 231 Å². The Hall–Kier alpha value is -9.38. The van der Waals surface area contributed by atoms with Crippen molar-refractivity contribution >= 4 is 110 Å². The standard InChI is InChI=1S/C72H54N4/c1-5-47-29-35-53(49-17-9-7-10-18-49)65(41-47)73(51-31-25-45(3)26-32-51)63-39-37-55-59-43-68-60(44-67(59)75-61-23-15-13-21-57(61)69(63)71(55)75)56-38-40-64(70-58-22-14-16-24-62(58)76(68)72(56)70)74(52-33-27-46(4)28-34-52)66-42-48(6-2)30-36-54(66)50-19-11-8-12-20-50/h7-44H,5-6H2,1-4H3. The molecule has 11 aromatic carbocycles. The normalized spacial score (nSPS) is 12.1. The first-order chi connectivity index (χ1) is 37.4. The van der Waals surface area contributed by atoms with Crippen molar-refractivity contribution in [2.45, 2.75) is 40.5 Å². The SMILES string of the molecule is CCc1ccc(-c2ccccc2)c(N(c2ccc(C)cc2)c2ccc3c4cc5c(cc4n4c6ccccc6c2c34)c2ccc(N(c3ccc(C)cc3)c3cc(CC)ccc3-c3ccccc3)c3c4ccccc4n5c23)c1. The minimum atomic E-state index is 0.942. The molecule has 0 aliphatic carbocycles. The average Bonchev–Trinajstić information content (AvgIpc) is 4.22. The monoisotopic (exact) mass is 974 g/mol. The third kappa shape index (κ3) is 6.50. The number of hydrogen-bond donors (Lipinski definition) is 0. The molecule has 0 saturated heterocycles. The zero-order valence-corrected chi connectivity index (χ0v) is 43.1. The summed E-state index contributed by atoms with van der Waals surface area (Å²) in [6.07, 6.45) is 1.88.